The van der Waals surface area contributed by atoms with Crippen LogP contribution in [0.15, 0.2) is 58.4 Å². The lowest BCUT2D eigenvalue weighted by atomic mass is 10.1. The second kappa shape index (κ2) is 7.02. The van der Waals surface area contributed by atoms with Crippen molar-refractivity contribution in [3.05, 3.63) is 64.6 Å². The van der Waals surface area contributed by atoms with E-state index in [1.54, 1.807) is 37.5 Å². The molecule has 0 aromatic heterocycles. The number of hydrogen-bond acceptors (Lipinski definition) is 5. The fourth-order valence-electron chi connectivity index (χ4n) is 2.06. The SMILES string of the molecule is COc1ccc(N=C2NC(=O)/C(=C\c3ccc(C#N)cc3)S2)cc1. The Morgan fingerprint density at radius 2 is 1.88 bits per heavy atom. The Labute approximate surface area is 143 Å². The van der Waals surface area contributed by atoms with Gasteiger partial charge in [-0.25, -0.2) is 4.99 Å². The van der Waals surface area contributed by atoms with Gasteiger partial charge in [0.25, 0.3) is 5.91 Å². The van der Waals surface area contributed by atoms with Gasteiger partial charge in [-0.3, -0.25) is 4.79 Å². The lowest BCUT2D eigenvalue weighted by Gasteiger charge is -1.99. The van der Waals surface area contributed by atoms with E-state index in [9.17, 15) is 4.79 Å². The fourth-order valence-corrected chi connectivity index (χ4v) is 2.90. The maximum absolute atomic E-state index is 12.0. The first-order valence-electron chi connectivity index (χ1n) is 7.12. The number of nitriles is 1. The number of nitrogens with zero attached hydrogens (tertiary/aromatic N) is 2. The molecule has 2 aromatic carbocycles. The van der Waals surface area contributed by atoms with Gasteiger partial charge in [-0.1, -0.05) is 12.1 Å². The highest BCUT2D eigenvalue weighted by Gasteiger charge is 2.23. The Kier molecular flexibility index (Phi) is 4.64. The molecule has 0 atom stereocenters. The standard InChI is InChI=1S/C18H13N3O2S/c1-23-15-8-6-14(7-9-15)20-18-21-17(22)16(24-18)10-12-2-4-13(11-19)5-3-12/h2-10H,1H3,(H,20,21,22)/b16-10+. The summed E-state index contributed by atoms with van der Waals surface area (Å²) < 4.78 is 5.10. The molecule has 0 aliphatic carbocycles. The van der Waals surface area contributed by atoms with Crippen molar-refractivity contribution in [2.75, 3.05) is 7.11 Å². The molecular formula is C18H13N3O2S. The normalized spacial score (nSPS) is 16.9. The van der Waals surface area contributed by atoms with Crippen molar-refractivity contribution in [1.29, 1.82) is 5.26 Å². The molecule has 1 amide bonds. The summed E-state index contributed by atoms with van der Waals surface area (Å²) in [5.74, 6) is 0.570. The minimum Gasteiger partial charge on any atom is -0.497 e. The Bertz CT molecular complexity index is 863. The number of aliphatic imine (C=N–C) groups is 1. The monoisotopic (exact) mass is 335 g/mol. The Morgan fingerprint density at radius 1 is 1.17 bits per heavy atom. The van der Waals surface area contributed by atoms with Crippen LogP contribution in [0, 0.1) is 11.3 Å². The van der Waals surface area contributed by atoms with Crippen LogP contribution in [0.25, 0.3) is 6.08 Å². The third-order valence-corrected chi connectivity index (χ3v) is 4.20. The summed E-state index contributed by atoms with van der Waals surface area (Å²) in [6.07, 6.45) is 1.78. The minimum atomic E-state index is -0.184. The van der Waals surface area contributed by atoms with Gasteiger partial charge in [-0.2, -0.15) is 5.26 Å². The molecule has 1 aliphatic heterocycles. The van der Waals surface area contributed by atoms with Gasteiger partial charge in [0.1, 0.15) is 5.75 Å². The fraction of sp³-hybridized carbons (Fsp3) is 0.0556. The first-order chi connectivity index (χ1) is 11.7. The number of hydrogen-bond donors (Lipinski definition) is 1. The number of rotatable bonds is 3. The topological polar surface area (TPSA) is 74.5 Å². The summed E-state index contributed by atoms with van der Waals surface area (Å²) in [7, 11) is 1.61. The molecule has 1 N–H and O–H groups in total. The zero-order valence-electron chi connectivity index (χ0n) is 12.8. The lowest BCUT2D eigenvalue weighted by molar-refractivity contribution is -0.115. The molecule has 6 heteroatoms. The number of ether oxygens (including phenoxy) is 1. The Hall–Kier alpha value is -3.04. The van der Waals surface area contributed by atoms with Crippen molar-refractivity contribution in [3.8, 4) is 11.8 Å². The van der Waals surface area contributed by atoms with Gasteiger partial charge in [0.2, 0.25) is 0 Å². The molecule has 1 saturated heterocycles. The number of benzene rings is 2. The molecule has 3 rings (SSSR count). The van der Waals surface area contributed by atoms with E-state index in [-0.39, 0.29) is 5.91 Å². The van der Waals surface area contributed by atoms with E-state index in [0.717, 1.165) is 17.0 Å². The second-order valence-corrected chi connectivity index (χ2v) is 5.94. The predicted octanol–water partition coefficient (Wildman–Crippen LogP) is 3.46. The zero-order chi connectivity index (χ0) is 16.9. The van der Waals surface area contributed by atoms with Gasteiger partial charge >= 0.3 is 0 Å². The summed E-state index contributed by atoms with van der Waals surface area (Å²) in [4.78, 5) is 17.0. The van der Waals surface area contributed by atoms with Crippen LogP contribution in [0.3, 0.4) is 0 Å². The quantitative estimate of drug-likeness (QED) is 0.872. The summed E-state index contributed by atoms with van der Waals surface area (Å²) in [5.41, 5.74) is 2.18. The van der Waals surface area contributed by atoms with Gasteiger partial charge in [0.05, 0.1) is 29.3 Å². The maximum Gasteiger partial charge on any atom is 0.264 e. The molecule has 1 fully saturated rings. The number of amides is 1. The van der Waals surface area contributed by atoms with Crippen LogP contribution in [0.4, 0.5) is 5.69 Å². The van der Waals surface area contributed by atoms with Gasteiger partial charge < -0.3 is 10.1 Å². The van der Waals surface area contributed by atoms with Crippen molar-refractivity contribution in [1.82, 2.24) is 5.32 Å². The number of nitrogens with one attached hydrogen (secondary N) is 1. The van der Waals surface area contributed by atoms with E-state index in [4.69, 9.17) is 10.00 Å². The molecular weight excluding hydrogens is 322 g/mol. The van der Waals surface area contributed by atoms with Crippen LogP contribution < -0.4 is 10.1 Å². The van der Waals surface area contributed by atoms with Gasteiger partial charge in [-0.15, -0.1) is 0 Å². The third kappa shape index (κ3) is 3.65. The molecule has 0 saturated carbocycles. The van der Waals surface area contributed by atoms with Crippen LogP contribution in [-0.2, 0) is 4.79 Å². The molecule has 0 unspecified atom stereocenters. The highest BCUT2D eigenvalue weighted by molar-refractivity contribution is 8.18. The largest absolute Gasteiger partial charge is 0.497 e. The minimum absolute atomic E-state index is 0.184. The molecule has 0 bridgehead atoms. The van der Waals surface area contributed by atoms with E-state index in [1.165, 1.54) is 11.8 Å². The smallest absolute Gasteiger partial charge is 0.264 e. The first-order valence-corrected chi connectivity index (χ1v) is 7.93. The van der Waals surface area contributed by atoms with Crippen molar-refractivity contribution >= 4 is 34.6 Å². The molecule has 2 aromatic rings. The third-order valence-electron chi connectivity index (χ3n) is 3.29. The van der Waals surface area contributed by atoms with Crippen LogP contribution in [0.1, 0.15) is 11.1 Å². The predicted molar refractivity (Wildman–Crippen MR) is 95.0 cm³/mol. The molecule has 24 heavy (non-hydrogen) atoms. The van der Waals surface area contributed by atoms with Crippen LogP contribution in [0.2, 0.25) is 0 Å². The second-order valence-electron chi connectivity index (χ2n) is 4.91. The van der Waals surface area contributed by atoms with Crippen molar-refractivity contribution in [2.45, 2.75) is 0 Å². The Morgan fingerprint density at radius 3 is 2.50 bits per heavy atom. The lowest BCUT2D eigenvalue weighted by Crippen LogP contribution is -2.19. The van der Waals surface area contributed by atoms with Crippen LogP contribution in [0.5, 0.6) is 5.75 Å². The van der Waals surface area contributed by atoms with Crippen molar-refractivity contribution in [3.63, 3.8) is 0 Å². The average molecular weight is 335 g/mol. The average Bonchev–Trinajstić information content (AvgIpc) is 2.95. The van der Waals surface area contributed by atoms with Crippen LogP contribution in [-0.4, -0.2) is 18.2 Å². The highest BCUT2D eigenvalue weighted by Crippen LogP contribution is 2.28. The molecule has 1 aliphatic rings. The molecule has 118 valence electrons. The number of thioether (sulfide) groups is 1. The molecule has 5 nitrogen and oxygen atoms in total. The zero-order valence-corrected chi connectivity index (χ0v) is 13.6. The van der Waals surface area contributed by atoms with E-state index < -0.39 is 0 Å². The van der Waals surface area contributed by atoms with E-state index in [1.807, 2.05) is 24.3 Å². The summed E-state index contributed by atoms with van der Waals surface area (Å²) >= 11 is 1.28. The number of carbonyl (C=O) groups is 1. The summed E-state index contributed by atoms with van der Waals surface area (Å²) in [5, 5.41) is 12.1. The van der Waals surface area contributed by atoms with E-state index >= 15 is 0 Å². The van der Waals surface area contributed by atoms with Gasteiger partial charge in [0, 0.05) is 0 Å². The van der Waals surface area contributed by atoms with Crippen molar-refractivity contribution in [2.24, 2.45) is 4.99 Å². The molecule has 1 heterocycles. The van der Waals surface area contributed by atoms with E-state index in [0.29, 0.717) is 15.6 Å². The number of carbonyl (C=O) groups excluding carboxylic acids is 1. The van der Waals surface area contributed by atoms with Gasteiger partial charge in [0.15, 0.2) is 5.17 Å². The number of amidine groups is 1. The molecule has 0 radical (unpaired) electrons. The maximum atomic E-state index is 12.0. The number of methoxy groups -OCH3 is 1. The summed E-state index contributed by atoms with van der Waals surface area (Å²) in [6.45, 7) is 0. The van der Waals surface area contributed by atoms with E-state index in [2.05, 4.69) is 16.4 Å². The summed E-state index contributed by atoms with van der Waals surface area (Å²) in [6, 6.07) is 16.4. The van der Waals surface area contributed by atoms with Gasteiger partial charge in [-0.05, 0) is 59.8 Å². The molecule has 0 spiro atoms. The van der Waals surface area contributed by atoms with Crippen molar-refractivity contribution < 1.29 is 9.53 Å². The first kappa shape index (κ1) is 15.8. The van der Waals surface area contributed by atoms with Crippen LogP contribution >= 0.6 is 11.8 Å². The highest BCUT2D eigenvalue weighted by atomic mass is 32.2. The Balaban J connectivity index is 1.78.